The first kappa shape index (κ1) is 23.3. The van der Waals surface area contributed by atoms with E-state index in [1.165, 1.54) is 27.8 Å². The average Bonchev–Trinajstić information content (AvgIpc) is 3.20. The molecule has 5 nitrogen and oxygen atoms in total. The number of piperidine rings is 1. The molecule has 2 bridgehead atoms. The summed E-state index contributed by atoms with van der Waals surface area (Å²) in [4.78, 5) is 15.3. The minimum atomic E-state index is -0.982. The van der Waals surface area contributed by atoms with E-state index < -0.39 is 5.60 Å². The standard InChI is InChI=1S/C31H33NO4/c1-20(2)21-8-7-9-22(14-21)31(34)15-23-17-35-18-24(16-31)32(23)30(33)36-19-29-27-12-5-3-10-25(27)26-11-4-6-13-28(26)29/h3-14,20,23-24,29,34H,15-19H2,1-2H3. The number of fused-ring (bicyclic) bond motifs is 5. The van der Waals surface area contributed by atoms with E-state index in [0.29, 0.717) is 38.6 Å². The number of rotatable bonds is 4. The number of carbonyl (C=O) groups is 1. The third kappa shape index (κ3) is 3.91. The topological polar surface area (TPSA) is 59.0 Å². The van der Waals surface area contributed by atoms with Crippen molar-refractivity contribution in [2.75, 3.05) is 19.8 Å². The number of hydrogen-bond acceptors (Lipinski definition) is 4. The predicted octanol–water partition coefficient (Wildman–Crippen LogP) is 5.81. The first-order chi connectivity index (χ1) is 17.4. The molecule has 186 valence electrons. The molecule has 0 spiro atoms. The van der Waals surface area contributed by atoms with Crippen LogP contribution in [-0.2, 0) is 15.1 Å². The fourth-order valence-corrected chi connectivity index (χ4v) is 6.37. The molecule has 5 heteroatoms. The summed E-state index contributed by atoms with van der Waals surface area (Å²) in [5.41, 5.74) is 5.99. The summed E-state index contributed by atoms with van der Waals surface area (Å²) in [5.74, 6) is 0.412. The van der Waals surface area contributed by atoms with Crippen molar-refractivity contribution in [3.63, 3.8) is 0 Å². The maximum absolute atomic E-state index is 13.4. The molecule has 2 saturated heterocycles. The van der Waals surface area contributed by atoms with E-state index in [1.807, 2.05) is 29.2 Å². The molecule has 0 aromatic heterocycles. The largest absolute Gasteiger partial charge is 0.448 e. The van der Waals surface area contributed by atoms with E-state index in [-0.39, 0.29) is 24.1 Å². The summed E-state index contributed by atoms with van der Waals surface area (Å²) in [6, 6.07) is 24.5. The number of ether oxygens (including phenoxy) is 2. The van der Waals surface area contributed by atoms with Crippen molar-refractivity contribution < 1.29 is 19.4 Å². The maximum atomic E-state index is 13.4. The Morgan fingerprint density at radius 2 is 1.58 bits per heavy atom. The quantitative estimate of drug-likeness (QED) is 0.509. The molecule has 0 saturated carbocycles. The molecular formula is C31H33NO4. The maximum Gasteiger partial charge on any atom is 0.410 e. The number of carbonyl (C=O) groups excluding carboxylic acids is 1. The molecule has 2 fully saturated rings. The Bertz CT molecular complexity index is 1230. The third-order valence-electron chi connectivity index (χ3n) is 8.19. The van der Waals surface area contributed by atoms with E-state index in [4.69, 9.17) is 9.47 Å². The number of amides is 1. The predicted molar refractivity (Wildman–Crippen MR) is 139 cm³/mol. The van der Waals surface area contributed by atoms with Crippen molar-refractivity contribution in [2.45, 2.75) is 56.2 Å². The highest BCUT2D eigenvalue weighted by Crippen LogP contribution is 2.45. The van der Waals surface area contributed by atoms with Crippen LogP contribution in [0.25, 0.3) is 11.1 Å². The number of nitrogens with zero attached hydrogens (tertiary/aromatic N) is 1. The molecule has 6 rings (SSSR count). The lowest BCUT2D eigenvalue weighted by Crippen LogP contribution is -2.62. The zero-order chi connectivity index (χ0) is 24.9. The van der Waals surface area contributed by atoms with Crippen LogP contribution in [-0.4, -0.2) is 48.0 Å². The number of benzene rings is 3. The van der Waals surface area contributed by atoms with Crippen LogP contribution in [0.4, 0.5) is 4.79 Å². The molecule has 3 aromatic rings. The highest BCUT2D eigenvalue weighted by molar-refractivity contribution is 5.79. The van der Waals surface area contributed by atoms with Crippen molar-refractivity contribution in [3.05, 3.63) is 95.1 Å². The number of hydrogen-bond donors (Lipinski definition) is 1. The van der Waals surface area contributed by atoms with Gasteiger partial charge in [0.1, 0.15) is 6.61 Å². The van der Waals surface area contributed by atoms with Gasteiger partial charge in [0.15, 0.2) is 0 Å². The fraction of sp³-hybridized carbons (Fsp3) is 0.387. The molecule has 0 radical (unpaired) electrons. The normalized spacial score (nSPS) is 24.9. The summed E-state index contributed by atoms with van der Waals surface area (Å²) < 4.78 is 11.8. The molecule has 2 atom stereocenters. The average molecular weight is 484 g/mol. The zero-order valence-electron chi connectivity index (χ0n) is 20.9. The minimum Gasteiger partial charge on any atom is -0.448 e. The van der Waals surface area contributed by atoms with Gasteiger partial charge in [-0.25, -0.2) is 4.79 Å². The van der Waals surface area contributed by atoms with Gasteiger partial charge in [-0.15, -0.1) is 0 Å². The summed E-state index contributed by atoms with van der Waals surface area (Å²) >= 11 is 0. The lowest BCUT2D eigenvalue weighted by atomic mass is 9.76. The smallest absolute Gasteiger partial charge is 0.410 e. The van der Waals surface area contributed by atoms with Crippen LogP contribution in [0.1, 0.15) is 60.8 Å². The first-order valence-electron chi connectivity index (χ1n) is 13.0. The second-order valence-corrected chi connectivity index (χ2v) is 10.8. The van der Waals surface area contributed by atoms with Crippen LogP contribution < -0.4 is 0 Å². The monoisotopic (exact) mass is 483 g/mol. The molecule has 1 aliphatic carbocycles. The second kappa shape index (κ2) is 9.06. The molecule has 3 aromatic carbocycles. The Labute approximate surface area is 212 Å². The van der Waals surface area contributed by atoms with Crippen LogP contribution in [0.3, 0.4) is 0 Å². The Morgan fingerprint density at radius 1 is 0.972 bits per heavy atom. The lowest BCUT2D eigenvalue weighted by molar-refractivity contribution is -0.136. The van der Waals surface area contributed by atoms with Crippen LogP contribution in [0.2, 0.25) is 0 Å². The van der Waals surface area contributed by atoms with Gasteiger partial charge < -0.3 is 14.6 Å². The summed E-state index contributed by atoms with van der Waals surface area (Å²) in [6.45, 7) is 5.43. The van der Waals surface area contributed by atoms with Crippen molar-refractivity contribution in [3.8, 4) is 11.1 Å². The highest BCUT2D eigenvalue weighted by atomic mass is 16.6. The summed E-state index contributed by atoms with van der Waals surface area (Å²) in [7, 11) is 0. The van der Waals surface area contributed by atoms with Gasteiger partial charge in [-0.3, -0.25) is 4.90 Å². The molecule has 2 unspecified atom stereocenters. The minimum absolute atomic E-state index is 0.0259. The van der Waals surface area contributed by atoms with Gasteiger partial charge in [0.25, 0.3) is 0 Å². The summed E-state index contributed by atoms with van der Waals surface area (Å²) in [5, 5.41) is 11.7. The van der Waals surface area contributed by atoms with Crippen LogP contribution in [0, 0.1) is 0 Å². The van der Waals surface area contributed by atoms with Crippen molar-refractivity contribution in [1.29, 1.82) is 0 Å². The second-order valence-electron chi connectivity index (χ2n) is 10.8. The SMILES string of the molecule is CC(C)c1cccc(C2(O)CC3COCC(C2)N3C(=O)OCC2c3ccccc3-c3ccccc32)c1. The van der Waals surface area contributed by atoms with Crippen LogP contribution in [0.5, 0.6) is 0 Å². The Balaban J connectivity index is 1.20. The molecule has 36 heavy (non-hydrogen) atoms. The van der Waals surface area contributed by atoms with Crippen molar-refractivity contribution in [1.82, 2.24) is 4.90 Å². The van der Waals surface area contributed by atoms with Gasteiger partial charge in [0, 0.05) is 18.8 Å². The molecular weight excluding hydrogens is 450 g/mol. The fourth-order valence-electron chi connectivity index (χ4n) is 6.37. The van der Waals surface area contributed by atoms with Gasteiger partial charge in [-0.1, -0.05) is 86.6 Å². The van der Waals surface area contributed by atoms with Crippen molar-refractivity contribution in [2.24, 2.45) is 0 Å². The Hall–Kier alpha value is -3.15. The van der Waals surface area contributed by atoms with Gasteiger partial charge in [-0.2, -0.15) is 0 Å². The molecule has 1 N–H and O–H groups in total. The molecule has 1 amide bonds. The van der Waals surface area contributed by atoms with Crippen LogP contribution in [0.15, 0.2) is 72.8 Å². The van der Waals surface area contributed by atoms with E-state index in [2.05, 4.69) is 62.4 Å². The summed E-state index contributed by atoms with van der Waals surface area (Å²) in [6.07, 6.45) is 0.568. The number of aliphatic hydroxyl groups is 1. The lowest BCUT2D eigenvalue weighted by Gasteiger charge is -2.51. The van der Waals surface area contributed by atoms with E-state index >= 15 is 0 Å². The molecule has 2 aliphatic heterocycles. The van der Waals surface area contributed by atoms with Gasteiger partial charge in [0.2, 0.25) is 0 Å². The van der Waals surface area contributed by atoms with Crippen LogP contribution >= 0.6 is 0 Å². The zero-order valence-corrected chi connectivity index (χ0v) is 20.9. The molecule has 3 aliphatic rings. The van der Waals surface area contributed by atoms with Gasteiger partial charge in [0.05, 0.1) is 30.9 Å². The van der Waals surface area contributed by atoms with E-state index in [1.54, 1.807) is 0 Å². The van der Waals surface area contributed by atoms with E-state index in [0.717, 1.165) is 5.56 Å². The van der Waals surface area contributed by atoms with Gasteiger partial charge >= 0.3 is 6.09 Å². The third-order valence-corrected chi connectivity index (χ3v) is 8.19. The number of morpholine rings is 1. The molecule has 2 heterocycles. The Morgan fingerprint density at radius 3 is 2.19 bits per heavy atom. The van der Waals surface area contributed by atoms with Gasteiger partial charge in [-0.05, 0) is 39.3 Å². The van der Waals surface area contributed by atoms with Crippen molar-refractivity contribution >= 4 is 6.09 Å². The van der Waals surface area contributed by atoms with E-state index in [9.17, 15) is 9.90 Å². The highest BCUT2D eigenvalue weighted by Gasteiger charge is 2.49. The first-order valence-corrected chi connectivity index (χ1v) is 13.0. The Kier molecular flexibility index (Phi) is 5.85.